The number of rotatable bonds is 3. The van der Waals surface area contributed by atoms with Gasteiger partial charge in [0.15, 0.2) is 5.78 Å². The van der Waals surface area contributed by atoms with Crippen LogP contribution in [0.25, 0.3) is 0 Å². The van der Waals surface area contributed by atoms with Crippen molar-refractivity contribution in [2.45, 2.75) is 32.7 Å². The number of amides is 1. The van der Waals surface area contributed by atoms with Gasteiger partial charge in [-0.05, 0) is 42.2 Å². The Hall–Kier alpha value is -3.86. The molecule has 172 valence electrons. The highest BCUT2D eigenvalue weighted by Crippen LogP contribution is 2.50. The second kappa shape index (κ2) is 8.49. The van der Waals surface area contributed by atoms with Gasteiger partial charge in [0.25, 0.3) is 5.91 Å². The van der Waals surface area contributed by atoms with Gasteiger partial charge < -0.3 is 10.1 Å². The Kier molecular flexibility index (Phi) is 5.48. The molecule has 5 nitrogen and oxygen atoms in total. The van der Waals surface area contributed by atoms with E-state index in [1.54, 1.807) is 12.0 Å². The number of Topliss-reactive ketones (excluding diaryl/α,β-unsaturated/α-hetero) is 1. The van der Waals surface area contributed by atoms with Crippen molar-refractivity contribution in [3.63, 3.8) is 0 Å². The number of hydrogen-bond acceptors (Lipinski definition) is 4. The Morgan fingerprint density at radius 3 is 2.38 bits per heavy atom. The van der Waals surface area contributed by atoms with E-state index in [-0.39, 0.29) is 17.1 Å². The van der Waals surface area contributed by atoms with E-state index in [4.69, 9.17) is 4.74 Å². The van der Waals surface area contributed by atoms with E-state index in [2.05, 4.69) is 19.2 Å². The average Bonchev–Trinajstić information content (AvgIpc) is 2.97. The van der Waals surface area contributed by atoms with E-state index in [1.807, 2.05) is 78.9 Å². The fraction of sp³-hybridized carbons (Fsp3) is 0.241. The smallest absolute Gasteiger partial charge is 0.259 e. The van der Waals surface area contributed by atoms with Gasteiger partial charge in [-0.1, -0.05) is 62.4 Å². The minimum atomic E-state index is -0.626. The van der Waals surface area contributed by atoms with Gasteiger partial charge >= 0.3 is 0 Å². The first-order chi connectivity index (χ1) is 16.4. The first-order valence-corrected chi connectivity index (χ1v) is 11.5. The molecule has 1 atom stereocenters. The molecule has 1 aliphatic carbocycles. The van der Waals surface area contributed by atoms with Crippen LogP contribution in [0.15, 0.2) is 90.1 Å². The molecule has 0 aromatic heterocycles. The molecule has 1 heterocycles. The third-order valence-electron chi connectivity index (χ3n) is 6.57. The summed E-state index contributed by atoms with van der Waals surface area (Å²) in [6.45, 7) is 4.22. The standard InChI is InChI=1S/C29H28N2O3/c1-29(2)17-22-26(24(32)18-29)27(20-13-7-10-16-25(20)34-3)31(23-15-9-8-14-21(23)30-22)28(33)19-11-5-4-6-12-19/h4-16,27,30H,17-18H2,1-3H3. The van der Waals surface area contributed by atoms with E-state index >= 15 is 0 Å². The van der Waals surface area contributed by atoms with Gasteiger partial charge in [0.05, 0.1) is 24.5 Å². The number of fused-ring (bicyclic) bond motifs is 1. The van der Waals surface area contributed by atoms with Crippen LogP contribution in [0, 0.1) is 5.41 Å². The number of nitrogens with zero attached hydrogens (tertiary/aromatic N) is 1. The van der Waals surface area contributed by atoms with Crippen LogP contribution in [-0.2, 0) is 4.79 Å². The molecule has 34 heavy (non-hydrogen) atoms. The second-order valence-electron chi connectivity index (χ2n) is 9.66. The number of ketones is 1. The summed E-state index contributed by atoms with van der Waals surface area (Å²) in [5, 5.41) is 3.55. The number of ether oxygens (including phenoxy) is 1. The number of anilines is 2. The first kappa shape index (κ1) is 22.0. The molecule has 0 saturated carbocycles. The lowest BCUT2D eigenvalue weighted by molar-refractivity contribution is -0.118. The van der Waals surface area contributed by atoms with Crippen molar-refractivity contribution in [1.82, 2.24) is 0 Å². The Bertz CT molecular complexity index is 1290. The highest BCUT2D eigenvalue weighted by Gasteiger charge is 2.44. The van der Waals surface area contributed by atoms with Gasteiger partial charge in [-0.2, -0.15) is 0 Å². The second-order valence-corrected chi connectivity index (χ2v) is 9.66. The van der Waals surface area contributed by atoms with Crippen molar-refractivity contribution >= 4 is 23.1 Å². The van der Waals surface area contributed by atoms with E-state index in [9.17, 15) is 9.59 Å². The predicted molar refractivity (Wildman–Crippen MR) is 134 cm³/mol. The molecule has 0 spiro atoms. The maximum absolute atomic E-state index is 14.1. The van der Waals surface area contributed by atoms with Crippen molar-refractivity contribution in [3.05, 3.63) is 101 Å². The normalized spacial score (nSPS) is 19.0. The molecule has 5 heteroatoms. The lowest BCUT2D eigenvalue weighted by Gasteiger charge is -2.37. The van der Waals surface area contributed by atoms with Crippen molar-refractivity contribution in [3.8, 4) is 5.75 Å². The molecule has 3 aromatic rings. The van der Waals surface area contributed by atoms with Crippen LogP contribution in [0.3, 0.4) is 0 Å². The van der Waals surface area contributed by atoms with E-state index in [1.165, 1.54) is 0 Å². The van der Waals surface area contributed by atoms with Crippen LogP contribution in [-0.4, -0.2) is 18.8 Å². The number of methoxy groups -OCH3 is 1. The summed E-state index contributed by atoms with van der Waals surface area (Å²) < 4.78 is 5.72. The zero-order valence-corrected chi connectivity index (χ0v) is 19.7. The summed E-state index contributed by atoms with van der Waals surface area (Å²) in [7, 11) is 1.62. The van der Waals surface area contributed by atoms with Crippen molar-refractivity contribution in [2.75, 3.05) is 17.3 Å². The lowest BCUT2D eigenvalue weighted by atomic mass is 9.73. The largest absolute Gasteiger partial charge is 0.496 e. The fourth-order valence-electron chi connectivity index (χ4n) is 5.12. The van der Waals surface area contributed by atoms with Gasteiger partial charge in [0, 0.05) is 28.8 Å². The van der Waals surface area contributed by atoms with E-state index in [0.29, 0.717) is 29.7 Å². The van der Waals surface area contributed by atoms with Gasteiger partial charge in [-0.3, -0.25) is 14.5 Å². The Labute approximate surface area is 200 Å². The zero-order valence-electron chi connectivity index (χ0n) is 19.7. The highest BCUT2D eigenvalue weighted by atomic mass is 16.5. The molecule has 1 N–H and O–H groups in total. The molecule has 0 bridgehead atoms. The molecule has 1 amide bonds. The summed E-state index contributed by atoms with van der Waals surface area (Å²) in [4.78, 5) is 29.6. The zero-order chi connectivity index (χ0) is 23.9. The Morgan fingerprint density at radius 2 is 1.62 bits per heavy atom. The van der Waals surface area contributed by atoms with Gasteiger partial charge in [0.2, 0.25) is 0 Å². The van der Waals surface area contributed by atoms with E-state index < -0.39 is 6.04 Å². The molecule has 2 aliphatic rings. The minimum absolute atomic E-state index is 0.0494. The van der Waals surface area contributed by atoms with Crippen LogP contribution in [0.4, 0.5) is 11.4 Å². The molecular weight excluding hydrogens is 424 g/mol. The monoisotopic (exact) mass is 452 g/mol. The number of hydrogen-bond donors (Lipinski definition) is 1. The van der Waals surface area contributed by atoms with E-state index in [0.717, 1.165) is 22.6 Å². The van der Waals surface area contributed by atoms with Gasteiger partial charge in [0.1, 0.15) is 5.75 Å². The highest BCUT2D eigenvalue weighted by molar-refractivity contribution is 6.12. The van der Waals surface area contributed by atoms with Crippen LogP contribution in [0.2, 0.25) is 0 Å². The average molecular weight is 453 g/mol. The summed E-state index contributed by atoms with van der Waals surface area (Å²) in [5.74, 6) is 0.521. The molecule has 5 rings (SSSR count). The molecular formula is C29H28N2O3. The summed E-state index contributed by atoms with van der Waals surface area (Å²) in [5.41, 5.74) is 4.20. The number of carbonyl (C=O) groups excluding carboxylic acids is 2. The van der Waals surface area contributed by atoms with Gasteiger partial charge in [-0.15, -0.1) is 0 Å². The number of allylic oxidation sites excluding steroid dienone is 1. The van der Waals surface area contributed by atoms with Crippen LogP contribution in [0.5, 0.6) is 5.75 Å². The van der Waals surface area contributed by atoms with Gasteiger partial charge in [-0.25, -0.2) is 0 Å². The molecule has 0 saturated heterocycles. The summed E-state index contributed by atoms with van der Waals surface area (Å²) >= 11 is 0. The Balaban J connectivity index is 1.82. The SMILES string of the molecule is COc1ccccc1C1C2=C(CC(C)(C)CC2=O)Nc2ccccc2N1C(=O)c1ccccc1. The maximum atomic E-state index is 14.1. The van der Waals surface area contributed by atoms with Crippen LogP contribution < -0.4 is 15.0 Å². The quantitative estimate of drug-likeness (QED) is 0.518. The minimum Gasteiger partial charge on any atom is -0.496 e. The molecule has 1 aliphatic heterocycles. The number of benzene rings is 3. The maximum Gasteiger partial charge on any atom is 0.259 e. The number of nitrogens with one attached hydrogen (secondary N) is 1. The van der Waals surface area contributed by atoms with Crippen LogP contribution in [0.1, 0.15) is 48.7 Å². The summed E-state index contributed by atoms with van der Waals surface area (Å²) in [6.07, 6.45) is 1.13. The first-order valence-electron chi connectivity index (χ1n) is 11.5. The third kappa shape index (κ3) is 3.77. The predicted octanol–water partition coefficient (Wildman–Crippen LogP) is 6.15. The fourth-order valence-corrected chi connectivity index (χ4v) is 5.12. The summed E-state index contributed by atoms with van der Waals surface area (Å²) in [6, 6.07) is 24.0. The lowest BCUT2D eigenvalue weighted by Crippen LogP contribution is -2.39. The van der Waals surface area contributed by atoms with Crippen molar-refractivity contribution in [1.29, 1.82) is 0 Å². The Morgan fingerprint density at radius 1 is 0.941 bits per heavy atom. The molecule has 0 radical (unpaired) electrons. The third-order valence-corrected chi connectivity index (χ3v) is 6.57. The number of carbonyl (C=O) groups is 2. The molecule has 0 fully saturated rings. The van der Waals surface area contributed by atoms with Crippen LogP contribution >= 0.6 is 0 Å². The topological polar surface area (TPSA) is 58.6 Å². The van der Waals surface area contributed by atoms with Crippen molar-refractivity contribution < 1.29 is 14.3 Å². The molecule has 1 unspecified atom stereocenters. The number of para-hydroxylation sites is 3. The molecule has 3 aromatic carbocycles. The van der Waals surface area contributed by atoms with Crippen molar-refractivity contribution in [2.24, 2.45) is 5.41 Å².